The summed E-state index contributed by atoms with van der Waals surface area (Å²) in [5, 5.41) is 9.50. The number of aliphatic hydroxyl groups excluding tert-OH is 1. The molecular weight excluding hydrogens is 428 g/mol. The Bertz CT molecular complexity index is 1230. The third-order valence-electron chi connectivity index (χ3n) is 5.58. The number of aromatic amines is 1. The Morgan fingerprint density at radius 1 is 1.24 bits per heavy atom. The van der Waals surface area contributed by atoms with Gasteiger partial charge in [-0.05, 0) is 18.6 Å². The third-order valence-corrected chi connectivity index (χ3v) is 5.58. The standard InChI is InChI=1S/C22H24N6O5/c1-14(30)33-10-8-28-17(7-9-29)16(22(28)32)11-27-13-25-19-18(23-12-24-19)20(27)26-21(31)15-5-3-2-4-6-15/h2-6,12-13,16-17,29H,7-11H2,1H3,(H,23,24). The number of hydrogen-bond donors (Lipinski definition) is 2. The highest BCUT2D eigenvalue weighted by Gasteiger charge is 2.46. The third kappa shape index (κ3) is 4.67. The molecule has 1 aromatic carbocycles. The molecule has 2 unspecified atom stereocenters. The molecule has 4 rings (SSSR count). The zero-order valence-electron chi connectivity index (χ0n) is 18.0. The minimum atomic E-state index is -0.442. The number of fused-ring (bicyclic) bond motifs is 1. The molecule has 33 heavy (non-hydrogen) atoms. The number of ether oxygens (including phenoxy) is 1. The Morgan fingerprint density at radius 2 is 2.03 bits per heavy atom. The van der Waals surface area contributed by atoms with Gasteiger partial charge in [0.2, 0.25) is 5.91 Å². The van der Waals surface area contributed by atoms with E-state index in [1.807, 2.05) is 6.07 Å². The van der Waals surface area contributed by atoms with Gasteiger partial charge in [-0.2, -0.15) is 4.99 Å². The average molecular weight is 452 g/mol. The Labute approximate surface area is 188 Å². The lowest BCUT2D eigenvalue weighted by atomic mass is 9.85. The van der Waals surface area contributed by atoms with Gasteiger partial charge in [0.1, 0.15) is 12.1 Å². The Hall–Kier alpha value is -3.86. The number of aliphatic hydroxyl groups is 1. The van der Waals surface area contributed by atoms with Crippen molar-refractivity contribution in [2.45, 2.75) is 25.9 Å². The number of amides is 2. The van der Waals surface area contributed by atoms with E-state index in [-0.39, 0.29) is 38.3 Å². The number of H-pyrrole nitrogens is 1. The van der Waals surface area contributed by atoms with E-state index in [1.54, 1.807) is 33.7 Å². The number of hydrogen-bond acceptors (Lipinski definition) is 7. The molecule has 1 aliphatic heterocycles. The number of carbonyl (C=O) groups excluding carboxylic acids is 3. The van der Waals surface area contributed by atoms with Gasteiger partial charge < -0.3 is 24.3 Å². The predicted molar refractivity (Wildman–Crippen MR) is 116 cm³/mol. The maximum absolute atomic E-state index is 12.8. The smallest absolute Gasteiger partial charge is 0.302 e. The van der Waals surface area contributed by atoms with E-state index in [1.165, 1.54) is 19.6 Å². The van der Waals surface area contributed by atoms with Crippen LogP contribution in [0.5, 0.6) is 0 Å². The molecule has 2 N–H and O–H groups in total. The van der Waals surface area contributed by atoms with Gasteiger partial charge in [-0.3, -0.25) is 14.4 Å². The number of esters is 1. The lowest BCUT2D eigenvalue weighted by Gasteiger charge is -2.47. The number of rotatable bonds is 8. The van der Waals surface area contributed by atoms with Crippen molar-refractivity contribution in [3.05, 3.63) is 54.0 Å². The molecule has 0 bridgehead atoms. The van der Waals surface area contributed by atoms with Crippen LogP contribution in [0.25, 0.3) is 11.2 Å². The number of aromatic nitrogens is 4. The number of nitrogens with zero attached hydrogens (tertiary/aromatic N) is 5. The van der Waals surface area contributed by atoms with Gasteiger partial charge in [-0.1, -0.05) is 18.2 Å². The van der Waals surface area contributed by atoms with Crippen LogP contribution in [-0.2, 0) is 20.9 Å². The monoisotopic (exact) mass is 452 g/mol. The summed E-state index contributed by atoms with van der Waals surface area (Å²) in [6.45, 7) is 1.78. The fraction of sp³-hybridized carbons (Fsp3) is 0.364. The summed E-state index contributed by atoms with van der Waals surface area (Å²) in [7, 11) is 0. The van der Waals surface area contributed by atoms with Crippen LogP contribution in [0, 0.1) is 5.92 Å². The number of carbonyl (C=O) groups is 3. The lowest BCUT2D eigenvalue weighted by Crippen LogP contribution is -2.63. The molecule has 2 atom stereocenters. The molecule has 1 aliphatic rings. The molecule has 1 fully saturated rings. The molecule has 2 amide bonds. The van der Waals surface area contributed by atoms with Crippen LogP contribution in [0.15, 0.2) is 48.0 Å². The molecule has 0 saturated carbocycles. The Kier molecular flexibility index (Phi) is 6.59. The molecule has 0 aliphatic carbocycles. The molecule has 0 spiro atoms. The number of nitrogens with one attached hydrogen (secondary N) is 1. The first kappa shape index (κ1) is 22.3. The summed E-state index contributed by atoms with van der Waals surface area (Å²) in [5.74, 6) is -1.41. The minimum Gasteiger partial charge on any atom is -0.464 e. The molecule has 2 aromatic heterocycles. The second kappa shape index (κ2) is 9.74. The van der Waals surface area contributed by atoms with Gasteiger partial charge in [0, 0.05) is 31.7 Å². The molecule has 11 heteroatoms. The van der Waals surface area contributed by atoms with E-state index in [0.29, 0.717) is 28.6 Å². The largest absolute Gasteiger partial charge is 0.464 e. The van der Waals surface area contributed by atoms with Crippen molar-refractivity contribution in [3.63, 3.8) is 0 Å². The van der Waals surface area contributed by atoms with Crippen LogP contribution < -0.4 is 5.49 Å². The average Bonchev–Trinajstić information content (AvgIpc) is 3.30. The van der Waals surface area contributed by atoms with Crippen LogP contribution >= 0.6 is 0 Å². The topological polar surface area (TPSA) is 143 Å². The first-order chi connectivity index (χ1) is 16.0. The van der Waals surface area contributed by atoms with Crippen LogP contribution in [0.3, 0.4) is 0 Å². The van der Waals surface area contributed by atoms with Gasteiger partial charge in [-0.15, -0.1) is 0 Å². The minimum absolute atomic E-state index is 0.0925. The first-order valence-electron chi connectivity index (χ1n) is 10.6. The zero-order valence-corrected chi connectivity index (χ0v) is 18.0. The van der Waals surface area contributed by atoms with E-state index in [9.17, 15) is 19.5 Å². The maximum atomic E-state index is 12.8. The van der Waals surface area contributed by atoms with E-state index in [0.717, 1.165) is 0 Å². The normalized spacial score (nSPS) is 18.4. The Morgan fingerprint density at radius 3 is 2.76 bits per heavy atom. The number of imidazole rings is 1. The SMILES string of the molecule is CC(=O)OCCN1C(=O)C(Cn2cnc3nc[nH]c3c2=NC(=O)c2ccccc2)C1CCO. The van der Waals surface area contributed by atoms with Gasteiger partial charge in [0.25, 0.3) is 5.91 Å². The second-order valence-electron chi connectivity index (χ2n) is 7.66. The van der Waals surface area contributed by atoms with Crippen molar-refractivity contribution in [1.29, 1.82) is 0 Å². The summed E-state index contributed by atoms with van der Waals surface area (Å²) in [6, 6.07) is 8.44. The van der Waals surface area contributed by atoms with Gasteiger partial charge in [0.15, 0.2) is 11.1 Å². The van der Waals surface area contributed by atoms with Crippen molar-refractivity contribution in [2.24, 2.45) is 10.9 Å². The highest BCUT2D eigenvalue weighted by Crippen LogP contribution is 2.30. The quantitative estimate of drug-likeness (QED) is 0.369. The summed E-state index contributed by atoms with van der Waals surface area (Å²) in [5.41, 5.74) is 1.64. The summed E-state index contributed by atoms with van der Waals surface area (Å²) >= 11 is 0. The van der Waals surface area contributed by atoms with E-state index in [2.05, 4.69) is 19.9 Å². The van der Waals surface area contributed by atoms with E-state index < -0.39 is 17.8 Å². The fourth-order valence-electron chi connectivity index (χ4n) is 4.01. The van der Waals surface area contributed by atoms with Crippen molar-refractivity contribution in [1.82, 2.24) is 24.4 Å². The molecule has 11 nitrogen and oxygen atoms in total. The molecule has 3 heterocycles. The van der Waals surface area contributed by atoms with Crippen molar-refractivity contribution in [2.75, 3.05) is 19.8 Å². The van der Waals surface area contributed by atoms with Crippen LogP contribution in [0.4, 0.5) is 0 Å². The lowest BCUT2D eigenvalue weighted by molar-refractivity contribution is -0.161. The molecular formula is C22H24N6O5. The zero-order chi connectivity index (χ0) is 23.4. The second-order valence-corrected chi connectivity index (χ2v) is 7.66. The summed E-state index contributed by atoms with van der Waals surface area (Å²) in [6.07, 6.45) is 3.35. The predicted octanol–water partition coefficient (Wildman–Crippen LogP) is 0.273. The first-order valence-corrected chi connectivity index (χ1v) is 10.6. The van der Waals surface area contributed by atoms with Gasteiger partial charge in [0.05, 0.1) is 25.1 Å². The van der Waals surface area contributed by atoms with E-state index >= 15 is 0 Å². The number of benzene rings is 1. The Balaban J connectivity index is 1.63. The number of β-lactam (4-membered cyclic amide) rings is 1. The van der Waals surface area contributed by atoms with Gasteiger partial charge in [-0.25, -0.2) is 9.97 Å². The van der Waals surface area contributed by atoms with Crippen LogP contribution in [-0.4, -0.2) is 73.1 Å². The van der Waals surface area contributed by atoms with Crippen molar-refractivity contribution >= 4 is 28.9 Å². The summed E-state index contributed by atoms with van der Waals surface area (Å²) in [4.78, 5) is 53.9. The van der Waals surface area contributed by atoms with E-state index in [4.69, 9.17) is 4.74 Å². The number of likely N-dealkylation sites (tertiary alicyclic amines) is 1. The summed E-state index contributed by atoms with van der Waals surface area (Å²) < 4.78 is 6.60. The highest BCUT2D eigenvalue weighted by molar-refractivity contribution is 5.95. The van der Waals surface area contributed by atoms with Crippen molar-refractivity contribution < 1.29 is 24.2 Å². The molecule has 0 radical (unpaired) electrons. The molecule has 172 valence electrons. The highest BCUT2D eigenvalue weighted by atomic mass is 16.5. The molecule has 3 aromatic rings. The van der Waals surface area contributed by atoms with Crippen molar-refractivity contribution in [3.8, 4) is 0 Å². The maximum Gasteiger partial charge on any atom is 0.302 e. The molecule has 1 saturated heterocycles. The van der Waals surface area contributed by atoms with Crippen LogP contribution in [0.1, 0.15) is 23.7 Å². The van der Waals surface area contributed by atoms with Gasteiger partial charge >= 0.3 is 5.97 Å². The van der Waals surface area contributed by atoms with Crippen LogP contribution in [0.2, 0.25) is 0 Å². The fourth-order valence-corrected chi connectivity index (χ4v) is 4.01.